The van der Waals surface area contributed by atoms with Crippen molar-refractivity contribution in [2.75, 3.05) is 6.54 Å². The summed E-state index contributed by atoms with van der Waals surface area (Å²) in [5, 5.41) is 13.0. The van der Waals surface area contributed by atoms with Crippen molar-refractivity contribution in [2.45, 2.75) is 19.5 Å². The topological polar surface area (TPSA) is 58.4 Å². The number of carbonyl (C=O) groups is 1. The molecule has 0 saturated heterocycles. The van der Waals surface area contributed by atoms with E-state index in [1.807, 2.05) is 17.7 Å². The van der Waals surface area contributed by atoms with E-state index in [1.54, 1.807) is 6.20 Å². The van der Waals surface area contributed by atoms with E-state index in [1.165, 1.54) is 4.90 Å². The molecule has 1 aliphatic rings. The zero-order valence-electron chi connectivity index (χ0n) is 7.34. The van der Waals surface area contributed by atoms with Crippen LogP contribution in [0.2, 0.25) is 0 Å². The molecule has 1 amide bonds. The molecule has 70 valence electrons. The van der Waals surface area contributed by atoms with Gasteiger partial charge in [-0.3, -0.25) is 9.58 Å². The number of fused-ring (bicyclic) bond motifs is 1. The van der Waals surface area contributed by atoms with E-state index in [4.69, 9.17) is 5.11 Å². The monoisotopic (exact) mass is 181 g/mol. The standard InChI is InChI=1S/C8H11N3O2/c1-6-7-2-3-9-11(7)5-4-10(6)8(12)13/h2-3,6H,4-5H2,1H3,(H,12,13). The molecule has 1 atom stereocenters. The summed E-state index contributed by atoms with van der Waals surface area (Å²) in [7, 11) is 0. The highest BCUT2D eigenvalue weighted by Crippen LogP contribution is 2.23. The molecule has 0 spiro atoms. The largest absolute Gasteiger partial charge is 0.465 e. The molecule has 2 rings (SSSR count). The van der Waals surface area contributed by atoms with Crippen LogP contribution in [0.5, 0.6) is 0 Å². The van der Waals surface area contributed by atoms with Gasteiger partial charge in [0, 0.05) is 12.7 Å². The minimum atomic E-state index is -0.861. The predicted molar refractivity (Wildman–Crippen MR) is 45.4 cm³/mol. The summed E-state index contributed by atoms with van der Waals surface area (Å²) in [5.74, 6) is 0. The first-order chi connectivity index (χ1) is 6.20. The molecule has 2 heterocycles. The highest BCUT2D eigenvalue weighted by atomic mass is 16.4. The van der Waals surface area contributed by atoms with Crippen LogP contribution in [0.1, 0.15) is 18.7 Å². The van der Waals surface area contributed by atoms with E-state index in [0.29, 0.717) is 13.1 Å². The van der Waals surface area contributed by atoms with Gasteiger partial charge in [0.25, 0.3) is 0 Å². The molecule has 1 aliphatic heterocycles. The van der Waals surface area contributed by atoms with Crippen molar-refractivity contribution in [3.05, 3.63) is 18.0 Å². The Morgan fingerprint density at radius 2 is 2.46 bits per heavy atom. The smallest absolute Gasteiger partial charge is 0.407 e. The van der Waals surface area contributed by atoms with Crippen molar-refractivity contribution < 1.29 is 9.90 Å². The maximum Gasteiger partial charge on any atom is 0.407 e. The van der Waals surface area contributed by atoms with Crippen molar-refractivity contribution in [3.8, 4) is 0 Å². The summed E-state index contributed by atoms with van der Waals surface area (Å²) >= 11 is 0. The fourth-order valence-corrected chi connectivity index (χ4v) is 1.70. The number of amides is 1. The molecule has 0 aromatic carbocycles. The van der Waals surface area contributed by atoms with E-state index in [2.05, 4.69) is 5.10 Å². The van der Waals surface area contributed by atoms with Crippen molar-refractivity contribution in [2.24, 2.45) is 0 Å². The maximum absolute atomic E-state index is 10.8. The van der Waals surface area contributed by atoms with E-state index in [0.717, 1.165) is 5.69 Å². The summed E-state index contributed by atoms with van der Waals surface area (Å²) in [6.45, 7) is 3.05. The van der Waals surface area contributed by atoms with Crippen LogP contribution >= 0.6 is 0 Å². The van der Waals surface area contributed by atoms with E-state index < -0.39 is 6.09 Å². The Labute approximate surface area is 75.6 Å². The van der Waals surface area contributed by atoms with Crippen molar-refractivity contribution in [1.82, 2.24) is 14.7 Å². The maximum atomic E-state index is 10.8. The molecule has 0 aliphatic carbocycles. The molecular formula is C8H11N3O2. The molecule has 0 bridgehead atoms. The number of hydrogen-bond acceptors (Lipinski definition) is 2. The average molecular weight is 181 g/mol. The Bertz CT molecular complexity index is 334. The second kappa shape index (κ2) is 2.76. The molecule has 1 aromatic rings. The van der Waals surface area contributed by atoms with Gasteiger partial charge in [-0.05, 0) is 13.0 Å². The fourth-order valence-electron chi connectivity index (χ4n) is 1.70. The first-order valence-corrected chi connectivity index (χ1v) is 4.21. The molecule has 0 saturated carbocycles. The van der Waals surface area contributed by atoms with E-state index in [-0.39, 0.29) is 6.04 Å². The lowest BCUT2D eigenvalue weighted by Crippen LogP contribution is -2.40. The zero-order valence-corrected chi connectivity index (χ0v) is 7.34. The van der Waals surface area contributed by atoms with Crippen LogP contribution in [0, 0.1) is 0 Å². The normalized spacial score (nSPS) is 21.3. The Kier molecular flexibility index (Phi) is 1.72. The number of hydrogen-bond donors (Lipinski definition) is 1. The SMILES string of the molecule is CC1c2ccnn2CCN1C(=O)O. The number of nitrogens with zero attached hydrogens (tertiary/aromatic N) is 3. The first kappa shape index (κ1) is 8.10. The van der Waals surface area contributed by atoms with E-state index >= 15 is 0 Å². The summed E-state index contributed by atoms with van der Waals surface area (Å²) < 4.78 is 1.85. The average Bonchev–Trinajstić information content (AvgIpc) is 2.52. The van der Waals surface area contributed by atoms with Gasteiger partial charge in [0.05, 0.1) is 18.3 Å². The highest BCUT2D eigenvalue weighted by molar-refractivity contribution is 5.65. The Morgan fingerprint density at radius 3 is 3.15 bits per heavy atom. The van der Waals surface area contributed by atoms with Crippen molar-refractivity contribution in [3.63, 3.8) is 0 Å². The minimum Gasteiger partial charge on any atom is -0.465 e. The summed E-state index contributed by atoms with van der Waals surface area (Å²) in [4.78, 5) is 12.2. The van der Waals surface area contributed by atoms with Crippen LogP contribution in [0.25, 0.3) is 0 Å². The van der Waals surface area contributed by atoms with Crippen LogP contribution in [-0.4, -0.2) is 32.4 Å². The zero-order chi connectivity index (χ0) is 9.42. The van der Waals surface area contributed by atoms with E-state index in [9.17, 15) is 4.79 Å². The molecule has 1 unspecified atom stereocenters. The molecular weight excluding hydrogens is 170 g/mol. The second-order valence-electron chi connectivity index (χ2n) is 3.13. The number of carboxylic acid groups (broad SMARTS) is 1. The lowest BCUT2D eigenvalue weighted by atomic mass is 10.2. The lowest BCUT2D eigenvalue weighted by molar-refractivity contribution is 0.113. The molecule has 13 heavy (non-hydrogen) atoms. The fraction of sp³-hybridized carbons (Fsp3) is 0.500. The molecule has 1 aromatic heterocycles. The molecule has 0 fully saturated rings. The molecule has 1 N–H and O–H groups in total. The van der Waals surface area contributed by atoms with Crippen molar-refractivity contribution >= 4 is 6.09 Å². The van der Waals surface area contributed by atoms with Crippen molar-refractivity contribution in [1.29, 1.82) is 0 Å². The summed E-state index contributed by atoms with van der Waals surface area (Å²) in [6, 6.07) is 1.77. The van der Waals surface area contributed by atoms with Crippen LogP contribution < -0.4 is 0 Å². The van der Waals surface area contributed by atoms with Gasteiger partial charge in [-0.2, -0.15) is 5.10 Å². The number of rotatable bonds is 0. The van der Waals surface area contributed by atoms with Gasteiger partial charge in [0.15, 0.2) is 0 Å². The molecule has 0 radical (unpaired) electrons. The van der Waals surface area contributed by atoms with Crippen LogP contribution in [0.4, 0.5) is 4.79 Å². The second-order valence-corrected chi connectivity index (χ2v) is 3.13. The Hall–Kier alpha value is -1.52. The van der Waals surface area contributed by atoms with Crippen LogP contribution in [0.3, 0.4) is 0 Å². The van der Waals surface area contributed by atoms with Gasteiger partial charge in [0.2, 0.25) is 0 Å². The highest BCUT2D eigenvalue weighted by Gasteiger charge is 2.27. The molecule has 5 heteroatoms. The van der Waals surface area contributed by atoms with Gasteiger partial charge in [-0.25, -0.2) is 4.79 Å². The van der Waals surface area contributed by atoms with Gasteiger partial charge in [0.1, 0.15) is 0 Å². The lowest BCUT2D eigenvalue weighted by Gasteiger charge is -2.31. The molecule has 5 nitrogen and oxygen atoms in total. The van der Waals surface area contributed by atoms with Gasteiger partial charge in [-0.15, -0.1) is 0 Å². The quantitative estimate of drug-likeness (QED) is 0.648. The number of aromatic nitrogens is 2. The summed E-state index contributed by atoms with van der Waals surface area (Å²) in [5.41, 5.74) is 0.966. The van der Waals surface area contributed by atoms with Gasteiger partial charge < -0.3 is 5.11 Å². The van der Waals surface area contributed by atoms with Crippen LogP contribution in [-0.2, 0) is 6.54 Å². The predicted octanol–water partition coefficient (Wildman–Crippen LogP) is 0.938. The Balaban J connectivity index is 2.32. The van der Waals surface area contributed by atoms with Gasteiger partial charge in [-0.1, -0.05) is 0 Å². The first-order valence-electron chi connectivity index (χ1n) is 4.21. The third-order valence-electron chi connectivity index (χ3n) is 2.44. The third-order valence-corrected chi connectivity index (χ3v) is 2.44. The minimum absolute atomic E-state index is 0.0891. The van der Waals surface area contributed by atoms with Crippen LogP contribution in [0.15, 0.2) is 12.3 Å². The van der Waals surface area contributed by atoms with Gasteiger partial charge >= 0.3 is 6.09 Å². The Morgan fingerprint density at radius 1 is 1.69 bits per heavy atom. The third kappa shape index (κ3) is 1.16. The summed E-state index contributed by atoms with van der Waals surface area (Å²) in [6.07, 6.45) is 0.844.